The average Bonchev–Trinajstić information content (AvgIpc) is 3.80. The van der Waals surface area contributed by atoms with Gasteiger partial charge in [0.05, 0.1) is 0 Å². The van der Waals surface area contributed by atoms with E-state index in [0.717, 1.165) is 0 Å². The Hall–Kier alpha value is 0.657. The third kappa shape index (κ3) is 10.9. The van der Waals surface area contributed by atoms with Gasteiger partial charge < -0.3 is 0 Å². The number of rotatable bonds is 24. The quantitative estimate of drug-likeness (QED) is 0.0427. The van der Waals surface area contributed by atoms with Crippen LogP contribution in [-0.2, 0) is 12.8 Å². The molecule has 0 bridgehead atoms. The van der Waals surface area contributed by atoms with Crippen molar-refractivity contribution in [1.82, 2.24) is 0 Å². The fourth-order valence-corrected chi connectivity index (χ4v) is 27.9. The van der Waals surface area contributed by atoms with Crippen LogP contribution in [0.5, 0.6) is 0 Å². The van der Waals surface area contributed by atoms with Crippen LogP contribution in [0.3, 0.4) is 0 Å². The van der Waals surface area contributed by atoms with Crippen molar-refractivity contribution in [3.8, 4) is 0 Å². The Morgan fingerprint density at radius 2 is 0.680 bits per heavy atom. The third-order valence-corrected chi connectivity index (χ3v) is 35.1. The molecular formula is C44H70S4Sn2. The van der Waals surface area contributed by atoms with Crippen molar-refractivity contribution < 1.29 is 0 Å². The van der Waals surface area contributed by atoms with Crippen molar-refractivity contribution in [2.24, 2.45) is 0 Å². The van der Waals surface area contributed by atoms with E-state index in [4.69, 9.17) is 0 Å². The Bertz CT molecular complexity index is 1640. The van der Waals surface area contributed by atoms with E-state index in [9.17, 15) is 0 Å². The van der Waals surface area contributed by atoms with Gasteiger partial charge in [-0.25, -0.2) is 0 Å². The molecule has 0 spiro atoms. The van der Waals surface area contributed by atoms with E-state index < -0.39 is 36.8 Å². The number of benzene rings is 1. The Kier molecular flexibility index (Phi) is 16.7. The van der Waals surface area contributed by atoms with Gasteiger partial charge in [0.25, 0.3) is 0 Å². The summed E-state index contributed by atoms with van der Waals surface area (Å²) in [5.74, 6) is 0. The topological polar surface area (TPSA) is 0 Å². The van der Waals surface area contributed by atoms with Gasteiger partial charge in [0.1, 0.15) is 0 Å². The summed E-state index contributed by atoms with van der Waals surface area (Å²) in [4.78, 5) is 15.9. The molecule has 6 heteroatoms. The van der Waals surface area contributed by atoms with Crippen LogP contribution < -0.4 is 5.79 Å². The molecule has 0 N–H and O–H groups in total. The maximum absolute atomic E-state index is 2.65. The SMILES string of the molecule is CCCCCCCCCCCCc1[c]([Sn]([CH3])([CH3])[CH3])sc2c1sc1cc3c(cc12)sc1c(CCCCCCCCCCCC)[c]([Sn]([CH3])([CH3])[CH3])sc13. The summed E-state index contributed by atoms with van der Waals surface area (Å²) in [5.41, 5.74) is 3.56. The molecule has 1 aromatic carbocycles. The van der Waals surface area contributed by atoms with E-state index >= 15 is 0 Å². The first-order chi connectivity index (χ1) is 24.0. The van der Waals surface area contributed by atoms with E-state index in [1.54, 1.807) is 50.1 Å². The number of aryl methyl sites for hydroxylation is 2. The number of hydrogen-bond acceptors (Lipinski definition) is 4. The van der Waals surface area contributed by atoms with E-state index in [-0.39, 0.29) is 0 Å². The summed E-state index contributed by atoms with van der Waals surface area (Å²) >= 11 is 4.26. The second-order valence-corrected chi connectivity index (χ2v) is 52.3. The fourth-order valence-electron chi connectivity index (χ4n) is 8.02. The predicted molar refractivity (Wildman–Crippen MR) is 245 cm³/mol. The Labute approximate surface area is 331 Å². The van der Waals surface area contributed by atoms with E-state index in [1.165, 1.54) is 141 Å². The summed E-state index contributed by atoms with van der Waals surface area (Å²) < 4.78 is 13.4. The standard InChI is InChI=1S/C38H52S4.6CH3.2Sn/c1-3-5-7-9-11-13-15-17-19-21-23-29-27-39-37-31-25-34-32(26-33(31)41-35(29)37)38-36(42-34)30(28-40-38)24-22-20-18-16-14-12-10-8-6-4-2;;;;;;;;/h25-26H,3-24H2,1-2H3;6*1H3;;. The molecule has 50 heavy (non-hydrogen) atoms. The molecule has 0 radical (unpaired) electrons. The molecular weight excluding hydrogens is 894 g/mol. The molecule has 278 valence electrons. The monoisotopic (exact) mass is 966 g/mol. The molecule has 0 atom stereocenters. The Balaban J connectivity index is 1.31. The molecule has 4 aromatic heterocycles. The molecule has 0 aliphatic heterocycles. The van der Waals surface area contributed by atoms with Gasteiger partial charge in [0.2, 0.25) is 0 Å². The fraction of sp³-hybridized carbons (Fsp3) is 0.682. The summed E-state index contributed by atoms with van der Waals surface area (Å²) in [5, 5.41) is 3.13. The predicted octanol–water partition coefficient (Wildman–Crippen LogP) is 16.6. The maximum atomic E-state index is 2.65. The van der Waals surface area contributed by atoms with Gasteiger partial charge in [-0.1, -0.05) is 26.7 Å². The van der Waals surface area contributed by atoms with Gasteiger partial charge in [-0.15, -0.1) is 0 Å². The first kappa shape index (κ1) is 41.8. The average molecular weight is 965 g/mol. The summed E-state index contributed by atoms with van der Waals surface area (Å²) in [6.07, 6.45) is 31.0. The summed E-state index contributed by atoms with van der Waals surface area (Å²) in [6, 6.07) is 5.27. The number of hydrogen-bond donors (Lipinski definition) is 0. The molecule has 0 saturated carbocycles. The van der Waals surface area contributed by atoms with Gasteiger partial charge in [-0.2, -0.15) is 0 Å². The van der Waals surface area contributed by atoms with Crippen LogP contribution in [-0.4, -0.2) is 36.8 Å². The second-order valence-electron chi connectivity index (χ2n) is 17.5. The number of fused-ring (bicyclic) bond motifs is 6. The molecule has 0 fully saturated rings. The molecule has 5 rings (SSSR count). The van der Waals surface area contributed by atoms with E-state index in [0.29, 0.717) is 0 Å². The zero-order valence-electron chi connectivity index (χ0n) is 33.3. The molecule has 0 saturated heterocycles. The van der Waals surface area contributed by atoms with Crippen molar-refractivity contribution in [2.45, 2.75) is 185 Å². The van der Waals surface area contributed by atoms with Crippen molar-refractivity contribution in [3.05, 3.63) is 23.3 Å². The zero-order chi connectivity index (χ0) is 35.7. The number of unbranched alkanes of at least 4 members (excludes halogenated alkanes) is 18. The second kappa shape index (κ2) is 20.0. The van der Waals surface area contributed by atoms with Crippen molar-refractivity contribution in [2.75, 3.05) is 0 Å². The molecule has 0 aliphatic rings. The summed E-state index contributed by atoms with van der Waals surface area (Å²) in [6.45, 7) is 4.64. The van der Waals surface area contributed by atoms with Crippen LogP contribution in [0.2, 0.25) is 29.6 Å². The van der Waals surface area contributed by atoms with Gasteiger partial charge in [-0.05, 0) is 0 Å². The van der Waals surface area contributed by atoms with Crippen LogP contribution in [0.1, 0.15) is 153 Å². The molecule has 0 unspecified atom stereocenters. The molecule has 0 aliphatic carbocycles. The minimum atomic E-state index is -2.23. The van der Waals surface area contributed by atoms with Crippen LogP contribution in [0.15, 0.2) is 12.1 Å². The first-order valence-electron chi connectivity index (χ1n) is 20.9. The Morgan fingerprint density at radius 3 is 0.980 bits per heavy atom. The van der Waals surface area contributed by atoms with Gasteiger partial charge in [0, 0.05) is 0 Å². The van der Waals surface area contributed by atoms with Crippen LogP contribution in [0.4, 0.5) is 0 Å². The van der Waals surface area contributed by atoms with Gasteiger partial charge in [0.15, 0.2) is 0 Å². The summed E-state index contributed by atoms with van der Waals surface area (Å²) in [7, 11) is 0. The molecule has 0 nitrogen and oxygen atoms in total. The van der Waals surface area contributed by atoms with Crippen molar-refractivity contribution >= 4 is 127 Å². The van der Waals surface area contributed by atoms with Gasteiger partial charge >= 0.3 is 308 Å². The van der Waals surface area contributed by atoms with E-state index in [1.807, 2.05) is 5.79 Å². The van der Waals surface area contributed by atoms with Crippen LogP contribution >= 0.6 is 45.3 Å². The molecule has 0 amide bonds. The van der Waals surface area contributed by atoms with E-state index in [2.05, 4.69) is 101 Å². The normalized spacial score (nSPS) is 13.0. The third-order valence-electron chi connectivity index (χ3n) is 10.8. The zero-order valence-corrected chi connectivity index (χ0v) is 42.3. The van der Waals surface area contributed by atoms with Crippen molar-refractivity contribution in [3.63, 3.8) is 0 Å². The van der Waals surface area contributed by atoms with Crippen LogP contribution in [0, 0.1) is 0 Å². The number of thiophene rings is 4. The first-order valence-corrected chi connectivity index (χ1v) is 44.2. The van der Waals surface area contributed by atoms with Crippen molar-refractivity contribution in [1.29, 1.82) is 0 Å². The molecule has 4 heterocycles. The molecule has 5 aromatic rings. The van der Waals surface area contributed by atoms with Crippen LogP contribution in [0.25, 0.3) is 39.0 Å². The minimum absolute atomic E-state index is 1.31. The Morgan fingerprint density at radius 1 is 0.380 bits per heavy atom. The van der Waals surface area contributed by atoms with Gasteiger partial charge in [-0.3, -0.25) is 0 Å².